The number of pyridine rings is 1. The van der Waals surface area contributed by atoms with Gasteiger partial charge >= 0.3 is 0 Å². The Morgan fingerprint density at radius 1 is 1.47 bits per heavy atom. The molecule has 1 aromatic rings. The number of ketones is 1. The predicted octanol–water partition coefficient (Wildman–Crippen LogP) is 0.0559. The van der Waals surface area contributed by atoms with Crippen LogP contribution in [0.4, 0.5) is 0 Å². The van der Waals surface area contributed by atoms with Crippen LogP contribution < -0.4 is 5.32 Å². The summed E-state index contributed by atoms with van der Waals surface area (Å²) in [6.07, 6.45) is 1.78. The van der Waals surface area contributed by atoms with E-state index in [9.17, 15) is 4.79 Å². The lowest BCUT2D eigenvalue weighted by molar-refractivity contribution is -0.118. The van der Waals surface area contributed by atoms with Crippen molar-refractivity contribution in [3.05, 3.63) is 30.1 Å². The van der Waals surface area contributed by atoms with Crippen LogP contribution in [-0.4, -0.2) is 41.8 Å². The molecule has 15 heavy (non-hydrogen) atoms. The Labute approximate surface area is 89.3 Å². The number of nitrogens with one attached hydrogen (secondary N) is 1. The second-order valence-electron chi connectivity index (χ2n) is 3.75. The van der Waals surface area contributed by atoms with Crippen LogP contribution in [0.3, 0.4) is 0 Å². The molecule has 1 N–H and O–H groups in total. The summed E-state index contributed by atoms with van der Waals surface area (Å²) in [5.41, 5.74) is 1.02. The molecule has 0 aliphatic carbocycles. The van der Waals surface area contributed by atoms with Gasteiger partial charge in [-0.05, 0) is 12.1 Å². The molecular formula is C11H15N3O. The Bertz CT molecular complexity index is 326. The maximum Gasteiger partial charge on any atom is 0.160 e. The number of hydrogen-bond donors (Lipinski definition) is 1. The first-order chi connectivity index (χ1) is 7.34. The molecule has 1 saturated heterocycles. The van der Waals surface area contributed by atoms with Crippen LogP contribution in [0.2, 0.25) is 0 Å². The topological polar surface area (TPSA) is 45.2 Å². The molecule has 1 aliphatic rings. The molecular weight excluding hydrogens is 190 g/mol. The number of aromatic nitrogens is 1. The van der Waals surface area contributed by atoms with Crippen molar-refractivity contribution in [1.29, 1.82) is 0 Å². The number of hydrogen-bond acceptors (Lipinski definition) is 4. The first kappa shape index (κ1) is 10.3. The van der Waals surface area contributed by atoms with Crippen LogP contribution in [0.15, 0.2) is 24.4 Å². The minimum atomic E-state index is 0.253. The molecule has 0 atom stereocenters. The summed E-state index contributed by atoms with van der Waals surface area (Å²) >= 11 is 0. The molecule has 1 aromatic heterocycles. The molecule has 2 rings (SSSR count). The van der Waals surface area contributed by atoms with E-state index in [1.54, 1.807) is 6.20 Å². The van der Waals surface area contributed by atoms with Gasteiger partial charge in [0.1, 0.15) is 0 Å². The monoisotopic (exact) mass is 205 g/mol. The van der Waals surface area contributed by atoms with Crippen LogP contribution in [0.25, 0.3) is 0 Å². The van der Waals surface area contributed by atoms with Crippen molar-refractivity contribution in [3.8, 4) is 0 Å². The van der Waals surface area contributed by atoms with Gasteiger partial charge in [0.2, 0.25) is 0 Å². The second-order valence-corrected chi connectivity index (χ2v) is 3.75. The van der Waals surface area contributed by atoms with Gasteiger partial charge in [0.15, 0.2) is 5.78 Å². The van der Waals surface area contributed by atoms with E-state index < -0.39 is 0 Å². The molecule has 1 aliphatic heterocycles. The van der Waals surface area contributed by atoms with Gasteiger partial charge in [0.25, 0.3) is 0 Å². The maximum absolute atomic E-state index is 11.4. The van der Waals surface area contributed by atoms with E-state index in [0.29, 0.717) is 13.1 Å². The highest BCUT2D eigenvalue weighted by Gasteiger charge is 2.14. The predicted molar refractivity (Wildman–Crippen MR) is 57.4 cm³/mol. The maximum atomic E-state index is 11.4. The lowest BCUT2D eigenvalue weighted by Crippen LogP contribution is -2.30. The number of carbonyl (C=O) groups excluding carboxylic acids is 1. The van der Waals surface area contributed by atoms with E-state index in [1.807, 2.05) is 18.2 Å². The van der Waals surface area contributed by atoms with Gasteiger partial charge < -0.3 is 5.32 Å². The molecule has 0 amide bonds. The number of rotatable bonds is 2. The summed E-state index contributed by atoms with van der Waals surface area (Å²) in [4.78, 5) is 17.7. The van der Waals surface area contributed by atoms with E-state index in [1.165, 1.54) is 0 Å². The second kappa shape index (κ2) is 5.00. The standard InChI is InChI=1S/C11H15N3O/c15-11-7-12-5-6-14(9-11)8-10-3-1-2-4-13-10/h1-4,12H,5-9H2. The average Bonchev–Trinajstić information content (AvgIpc) is 2.44. The van der Waals surface area contributed by atoms with E-state index in [4.69, 9.17) is 0 Å². The lowest BCUT2D eigenvalue weighted by atomic mass is 10.3. The first-order valence-electron chi connectivity index (χ1n) is 5.19. The zero-order chi connectivity index (χ0) is 10.5. The summed E-state index contributed by atoms with van der Waals surface area (Å²) in [6, 6.07) is 5.86. The zero-order valence-corrected chi connectivity index (χ0v) is 8.65. The molecule has 0 spiro atoms. The number of carbonyl (C=O) groups is 1. The smallest absolute Gasteiger partial charge is 0.160 e. The molecule has 0 saturated carbocycles. The minimum Gasteiger partial charge on any atom is -0.309 e. The average molecular weight is 205 g/mol. The van der Waals surface area contributed by atoms with Crippen molar-refractivity contribution < 1.29 is 4.79 Å². The lowest BCUT2D eigenvalue weighted by Gasteiger charge is -2.17. The van der Waals surface area contributed by atoms with Gasteiger partial charge in [0, 0.05) is 25.8 Å². The fourth-order valence-electron chi connectivity index (χ4n) is 1.71. The molecule has 0 aromatic carbocycles. The minimum absolute atomic E-state index is 0.253. The molecule has 80 valence electrons. The van der Waals surface area contributed by atoms with Crippen LogP contribution in [0, 0.1) is 0 Å². The fraction of sp³-hybridized carbons (Fsp3) is 0.455. The molecule has 0 radical (unpaired) electrons. The van der Waals surface area contributed by atoms with Gasteiger partial charge in [-0.25, -0.2) is 0 Å². The van der Waals surface area contributed by atoms with Gasteiger partial charge in [-0.1, -0.05) is 6.07 Å². The fourth-order valence-corrected chi connectivity index (χ4v) is 1.71. The molecule has 0 unspecified atom stereocenters. The Morgan fingerprint density at radius 3 is 3.20 bits per heavy atom. The third-order valence-electron chi connectivity index (χ3n) is 2.44. The molecule has 4 heteroatoms. The molecule has 2 heterocycles. The summed E-state index contributed by atoms with van der Waals surface area (Å²) in [5.74, 6) is 0.253. The third kappa shape index (κ3) is 3.11. The normalized spacial score (nSPS) is 18.8. The highest BCUT2D eigenvalue weighted by Crippen LogP contribution is 2.01. The molecule has 1 fully saturated rings. The van der Waals surface area contributed by atoms with Gasteiger partial charge in [-0.3, -0.25) is 14.7 Å². The zero-order valence-electron chi connectivity index (χ0n) is 8.65. The van der Waals surface area contributed by atoms with E-state index in [-0.39, 0.29) is 5.78 Å². The highest BCUT2D eigenvalue weighted by atomic mass is 16.1. The van der Waals surface area contributed by atoms with E-state index in [2.05, 4.69) is 15.2 Å². The summed E-state index contributed by atoms with van der Waals surface area (Å²) in [6.45, 7) is 3.57. The third-order valence-corrected chi connectivity index (χ3v) is 2.44. The molecule has 0 bridgehead atoms. The summed E-state index contributed by atoms with van der Waals surface area (Å²) in [5, 5.41) is 3.10. The first-order valence-corrected chi connectivity index (χ1v) is 5.19. The van der Waals surface area contributed by atoms with Crippen molar-refractivity contribution in [2.24, 2.45) is 0 Å². The highest BCUT2D eigenvalue weighted by molar-refractivity contribution is 5.82. The van der Waals surface area contributed by atoms with Crippen LogP contribution in [0.1, 0.15) is 5.69 Å². The molecule has 4 nitrogen and oxygen atoms in total. The van der Waals surface area contributed by atoms with E-state index >= 15 is 0 Å². The van der Waals surface area contributed by atoms with Crippen molar-refractivity contribution in [3.63, 3.8) is 0 Å². The quantitative estimate of drug-likeness (QED) is 0.741. The van der Waals surface area contributed by atoms with Crippen molar-refractivity contribution in [2.75, 3.05) is 26.2 Å². The van der Waals surface area contributed by atoms with Crippen molar-refractivity contribution in [2.45, 2.75) is 6.54 Å². The van der Waals surface area contributed by atoms with Crippen LogP contribution in [-0.2, 0) is 11.3 Å². The van der Waals surface area contributed by atoms with Crippen LogP contribution in [0.5, 0.6) is 0 Å². The van der Waals surface area contributed by atoms with Gasteiger partial charge in [-0.15, -0.1) is 0 Å². The largest absolute Gasteiger partial charge is 0.309 e. The Balaban J connectivity index is 1.96. The van der Waals surface area contributed by atoms with Gasteiger partial charge in [0.05, 0.1) is 18.8 Å². The Kier molecular flexibility index (Phi) is 3.42. The van der Waals surface area contributed by atoms with Crippen LogP contribution >= 0.6 is 0 Å². The van der Waals surface area contributed by atoms with E-state index in [0.717, 1.165) is 25.3 Å². The van der Waals surface area contributed by atoms with Gasteiger partial charge in [-0.2, -0.15) is 0 Å². The Hall–Kier alpha value is -1.26. The SMILES string of the molecule is O=C1CNCCN(Cc2ccccn2)C1. The van der Waals surface area contributed by atoms with Crippen molar-refractivity contribution >= 4 is 5.78 Å². The Morgan fingerprint density at radius 2 is 2.40 bits per heavy atom. The summed E-state index contributed by atoms with van der Waals surface area (Å²) < 4.78 is 0. The number of Topliss-reactive ketones (excluding diaryl/α,β-unsaturated/α-hetero) is 1. The summed E-state index contributed by atoms with van der Waals surface area (Å²) in [7, 11) is 0. The van der Waals surface area contributed by atoms with Crippen molar-refractivity contribution in [1.82, 2.24) is 15.2 Å². The number of nitrogens with zero attached hydrogens (tertiary/aromatic N) is 2.